The molecule has 2 aliphatic rings. The van der Waals surface area contributed by atoms with Gasteiger partial charge in [-0.15, -0.1) is 0 Å². The van der Waals surface area contributed by atoms with Crippen molar-refractivity contribution in [2.45, 2.75) is 44.4 Å². The molecule has 1 unspecified atom stereocenters. The first kappa shape index (κ1) is 25.7. The van der Waals surface area contributed by atoms with Crippen LogP contribution < -0.4 is 10.2 Å². The van der Waals surface area contributed by atoms with Crippen LogP contribution in [0.15, 0.2) is 72.8 Å². The van der Waals surface area contributed by atoms with Gasteiger partial charge in [-0.05, 0) is 59.7 Å². The summed E-state index contributed by atoms with van der Waals surface area (Å²) in [6.45, 7) is 0.159. The van der Waals surface area contributed by atoms with Gasteiger partial charge in [-0.2, -0.15) is 13.2 Å². The van der Waals surface area contributed by atoms with Gasteiger partial charge in [0.2, 0.25) is 11.8 Å². The van der Waals surface area contributed by atoms with Gasteiger partial charge in [0.05, 0.1) is 23.8 Å². The van der Waals surface area contributed by atoms with Crippen molar-refractivity contribution in [1.82, 2.24) is 0 Å². The van der Waals surface area contributed by atoms with E-state index in [1.54, 1.807) is 30.3 Å². The number of halogens is 3. The summed E-state index contributed by atoms with van der Waals surface area (Å²) in [5.74, 6) is -0.724. The molecule has 1 aliphatic heterocycles. The summed E-state index contributed by atoms with van der Waals surface area (Å²) in [5.41, 5.74) is 3.63. The number of rotatable bonds is 4. The molecule has 196 valence electrons. The zero-order chi connectivity index (χ0) is 26.9. The van der Waals surface area contributed by atoms with Crippen molar-refractivity contribution < 1.29 is 27.9 Å². The molecule has 1 atom stereocenters. The van der Waals surface area contributed by atoms with Crippen LogP contribution in [0, 0.1) is 0 Å². The van der Waals surface area contributed by atoms with E-state index in [4.69, 9.17) is 0 Å². The standard InChI is InChI=1S/C30H27F3N2O3/c31-30(32,33)22-10-12-24-21(13-14-35(27(24)17-22)29(38)15-19-5-2-1-3-6-19)16-28(37)34-26-8-4-7-20-9-11-23(36)18-25(20)26/h1-8,10,12,16-17,23,36H,9,11,13-15,18H2,(H,34,37)/b21-16+. The molecule has 0 saturated heterocycles. The Kier molecular flexibility index (Phi) is 7.08. The second kappa shape index (κ2) is 10.5. The lowest BCUT2D eigenvalue weighted by atomic mass is 9.88. The summed E-state index contributed by atoms with van der Waals surface area (Å²) in [4.78, 5) is 27.6. The molecular weight excluding hydrogens is 493 g/mol. The van der Waals surface area contributed by atoms with Crippen LogP contribution in [-0.4, -0.2) is 29.6 Å². The van der Waals surface area contributed by atoms with E-state index in [0.717, 1.165) is 35.2 Å². The highest BCUT2D eigenvalue weighted by Crippen LogP contribution is 2.40. The van der Waals surface area contributed by atoms with Crippen LogP contribution in [0.3, 0.4) is 0 Å². The van der Waals surface area contributed by atoms with Gasteiger partial charge in [0.1, 0.15) is 0 Å². The Labute approximate surface area is 218 Å². The average molecular weight is 521 g/mol. The molecular formula is C30H27F3N2O3. The number of aliphatic hydroxyl groups is 1. The summed E-state index contributed by atoms with van der Waals surface area (Å²) in [6.07, 6.45) is -1.43. The highest BCUT2D eigenvalue weighted by Gasteiger charge is 2.34. The molecule has 0 bridgehead atoms. The van der Waals surface area contributed by atoms with E-state index < -0.39 is 23.8 Å². The number of carbonyl (C=O) groups excluding carboxylic acids is 2. The summed E-state index contributed by atoms with van der Waals surface area (Å²) < 4.78 is 40.6. The Balaban J connectivity index is 1.44. The number of hydrogen-bond acceptors (Lipinski definition) is 3. The van der Waals surface area contributed by atoms with Gasteiger partial charge in [-0.3, -0.25) is 9.59 Å². The van der Waals surface area contributed by atoms with Gasteiger partial charge in [-0.25, -0.2) is 0 Å². The Hall–Kier alpha value is -3.91. The fourth-order valence-corrected chi connectivity index (χ4v) is 5.18. The number of anilines is 2. The fraction of sp³-hybridized carbons (Fsp3) is 0.267. The third kappa shape index (κ3) is 5.50. The van der Waals surface area contributed by atoms with Crippen LogP contribution in [0.4, 0.5) is 24.5 Å². The average Bonchev–Trinajstić information content (AvgIpc) is 2.89. The zero-order valence-corrected chi connectivity index (χ0v) is 20.6. The van der Waals surface area contributed by atoms with Crippen LogP contribution in [0.25, 0.3) is 5.57 Å². The molecule has 3 aromatic carbocycles. The van der Waals surface area contributed by atoms with Crippen LogP contribution in [0.5, 0.6) is 0 Å². The van der Waals surface area contributed by atoms with Gasteiger partial charge in [-0.1, -0.05) is 48.5 Å². The Bertz CT molecular complexity index is 1400. The largest absolute Gasteiger partial charge is 0.416 e. The van der Waals surface area contributed by atoms with Gasteiger partial charge in [0.25, 0.3) is 0 Å². The minimum Gasteiger partial charge on any atom is -0.393 e. The van der Waals surface area contributed by atoms with Crippen LogP contribution in [0.1, 0.15) is 40.7 Å². The fourth-order valence-electron chi connectivity index (χ4n) is 5.18. The van der Waals surface area contributed by atoms with E-state index >= 15 is 0 Å². The van der Waals surface area contributed by atoms with Crippen molar-refractivity contribution in [3.8, 4) is 0 Å². The van der Waals surface area contributed by atoms with Crippen molar-refractivity contribution >= 4 is 28.8 Å². The maximum absolute atomic E-state index is 13.5. The van der Waals surface area contributed by atoms with E-state index in [2.05, 4.69) is 5.32 Å². The molecule has 0 fully saturated rings. The normalized spacial score (nSPS) is 18.1. The van der Waals surface area contributed by atoms with Gasteiger partial charge in [0, 0.05) is 30.3 Å². The lowest BCUT2D eigenvalue weighted by molar-refractivity contribution is -0.137. The molecule has 0 saturated carbocycles. The van der Waals surface area contributed by atoms with E-state index in [1.165, 1.54) is 17.0 Å². The van der Waals surface area contributed by atoms with E-state index in [1.807, 2.05) is 18.2 Å². The van der Waals surface area contributed by atoms with Crippen LogP contribution >= 0.6 is 0 Å². The molecule has 5 rings (SSSR count). The summed E-state index contributed by atoms with van der Waals surface area (Å²) in [6, 6.07) is 17.9. The van der Waals surface area contributed by atoms with Crippen molar-refractivity contribution in [1.29, 1.82) is 0 Å². The van der Waals surface area contributed by atoms with E-state index in [-0.39, 0.29) is 24.6 Å². The third-order valence-electron chi connectivity index (χ3n) is 7.09. The summed E-state index contributed by atoms with van der Waals surface area (Å²) in [5, 5.41) is 13.0. The monoisotopic (exact) mass is 520 g/mol. The highest BCUT2D eigenvalue weighted by molar-refractivity contribution is 6.07. The number of benzene rings is 3. The third-order valence-corrected chi connectivity index (χ3v) is 7.09. The molecule has 2 N–H and O–H groups in total. The Morgan fingerprint density at radius 3 is 2.58 bits per heavy atom. The molecule has 2 amide bonds. The molecule has 38 heavy (non-hydrogen) atoms. The number of aryl methyl sites for hydroxylation is 1. The minimum atomic E-state index is -4.57. The second-order valence-corrected chi connectivity index (χ2v) is 9.69. The topological polar surface area (TPSA) is 69.6 Å². The number of amides is 2. The number of fused-ring (bicyclic) bond motifs is 2. The molecule has 1 aliphatic carbocycles. The number of nitrogens with zero attached hydrogens (tertiary/aromatic N) is 1. The number of aliphatic hydroxyl groups excluding tert-OH is 1. The predicted molar refractivity (Wildman–Crippen MR) is 140 cm³/mol. The lowest BCUT2D eigenvalue weighted by Crippen LogP contribution is -2.36. The summed E-state index contributed by atoms with van der Waals surface area (Å²) >= 11 is 0. The first-order valence-corrected chi connectivity index (χ1v) is 12.6. The quantitative estimate of drug-likeness (QED) is 0.443. The SMILES string of the molecule is O=C(/C=C1\CCN(C(=O)Cc2ccccc2)c2cc(C(F)(F)F)ccc21)Nc1cccc2c1CC(O)CC2. The Morgan fingerprint density at radius 1 is 1.03 bits per heavy atom. The van der Waals surface area contributed by atoms with E-state index in [0.29, 0.717) is 36.1 Å². The van der Waals surface area contributed by atoms with Crippen molar-refractivity contribution in [2.24, 2.45) is 0 Å². The first-order valence-electron chi connectivity index (χ1n) is 12.6. The number of nitrogens with one attached hydrogen (secondary N) is 1. The second-order valence-electron chi connectivity index (χ2n) is 9.69. The number of alkyl halides is 3. The molecule has 1 heterocycles. The lowest BCUT2D eigenvalue weighted by Gasteiger charge is -2.32. The van der Waals surface area contributed by atoms with Crippen molar-refractivity contribution in [3.05, 3.63) is 101 Å². The number of hydrogen-bond donors (Lipinski definition) is 2. The number of carbonyl (C=O) groups is 2. The summed E-state index contributed by atoms with van der Waals surface area (Å²) in [7, 11) is 0. The van der Waals surface area contributed by atoms with Gasteiger partial charge in [0.15, 0.2) is 0 Å². The maximum Gasteiger partial charge on any atom is 0.416 e. The molecule has 0 radical (unpaired) electrons. The van der Waals surface area contributed by atoms with Crippen molar-refractivity contribution in [3.63, 3.8) is 0 Å². The molecule has 0 spiro atoms. The highest BCUT2D eigenvalue weighted by atomic mass is 19.4. The minimum absolute atomic E-state index is 0.0566. The molecule has 3 aromatic rings. The maximum atomic E-state index is 13.5. The first-order chi connectivity index (χ1) is 18.2. The molecule has 8 heteroatoms. The smallest absolute Gasteiger partial charge is 0.393 e. The Morgan fingerprint density at radius 2 is 1.82 bits per heavy atom. The van der Waals surface area contributed by atoms with Crippen LogP contribution in [0.2, 0.25) is 0 Å². The molecule has 5 nitrogen and oxygen atoms in total. The van der Waals surface area contributed by atoms with E-state index in [9.17, 15) is 27.9 Å². The van der Waals surface area contributed by atoms with Gasteiger partial charge >= 0.3 is 6.18 Å². The molecule has 0 aromatic heterocycles. The van der Waals surface area contributed by atoms with Gasteiger partial charge < -0.3 is 15.3 Å². The zero-order valence-electron chi connectivity index (χ0n) is 20.6. The van der Waals surface area contributed by atoms with Crippen molar-refractivity contribution in [2.75, 3.05) is 16.8 Å². The van der Waals surface area contributed by atoms with Crippen LogP contribution in [-0.2, 0) is 35.0 Å². The predicted octanol–water partition coefficient (Wildman–Crippen LogP) is 5.56.